The summed E-state index contributed by atoms with van der Waals surface area (Å²) in [6, 6.07) is 3.97. The SMILES string of the molecule is S/C(=C1/CCC=N1)c1ccc[nH]1. The molecular weight excluding hydrogens is 168 g/mol. The molecule has 3 heteroatoms. The third kappa shape index (κ3) is 1.32. The lowest BCUT2D eigenvalue weighted by atomic mass is 10.2. The number of hydrogen-bond acceptors (Lipinski definition) is 2. The molecule has 0 bridgehead atoms. The Morgan fingerprint density at radius 2 is 2.50 bits per heavy atom. The molecule has 2 rings (SSSR count). The Bertz CT molecular complexity index is 322. The zero-order chi connectivity index (χ0) is 8.39. The van der Waals surface area contributed by atoms with Crippen LogP contribution < -0.4 is 0 Å². The van der Waals surface area contributed by atoms with Gasteiger partial charge in [0.1, 0.15) is 0 Å². The first-order chi connectivity index (χ1) is 5.88. The van der Waals surface area contributed by atoms with Crippen molar-refractivity contribution in [3.05, 3.63) is 29.7 Å². The summed E-state index contributed by atoms with van der Waals surface area (Å²) in [6.45, 7) is 0. The fourth-order valence-corrected chi connectivity index (χ4v) is 1.56. The minimum absolute atomic E-state index is 0.966. The zero-order valence-corrected chi connectivity index (χ0v) is 7.51. The number of rotatable bonds is 1. The summed E-state index contributed by atoms with van der Waals surface area (Å²) in [6.07, 6.45) is 5.89. The van der Waals surface area contributed by atoms with Crippen LogP contribution in [0, 0.1) is 0 Å². The van der Waals surface area contributed by atoms with Crippen molar-refractivity contribution in [3.8, 4) is 0 Å². The van der Waals surface area contributed by atoms with Crippen LogP contribution in [-0.4, -0.2) is 11.2 Å². The van der Waals surface area contributed by atoms with E-state index in [9.17, 15) is 0 Å². The topological polar surface area (TPSA) is 28.1 Å². The second-order valence-corrected chi connectivity index (χ2v) is 3.18. The lowest BCUT2D eigenvalue weighted by molar-refractivity contribution is 1.08. The molecule has 0 radical (unpaired) electrons. The van der Waals surface area contributed by atoms with Gasteiger partial charge in [-0.3, -0.25) is 4.99 Å². The monoisotopic (exact) mass is 178 g/mol. The van der Waals surface area contributed by atoms with Crippen LogP contribution in [-0.2, 0) is 0 Å². The molecule has 1 aromatic heterocycles. The molecule has 0 aliphatic carbocycles. The third-order valence-electron chi connectivity index (χ3n) is 1.88. The molecule has 0 unspecified atom stereocenters. The average Bonchev–Trinajstić information content (AvgIpc) is 2.77. The van der Waals surface area contributed by atoms with Gasteiger partial charge in [-0.1, -0.05) is 0 Å². The Hall–Kier alpha value is -0.960. The van der Waals surface area contributed by atoms with Crippen molar-refractivity contribution >= 4 is 23.7 Å². The number of allylic oxidation sites excluding steroid dienone is 1. The quantitative estimate of drug-likeness (QED) is 0.618. The number of nitrogens with one attached hydrogen (secondary N) is 1. The van der Waals surface area contributed by atoms with Crippen LogP contribution in [0.2, 0.25) is 0 Å². The molecule has 1 aliphatic heterocycles. The number of nitrogens with zero attached hydrogens (tertiary/aromatic N) is 1. The van der Waals surface area contributed by atoms with Crippen molar-refractivity contribution in [2.45, 2.75) is 12.8 Å². The molecule has 1 aliphatic rings. The second kappa shape index (κ2) is 3.19. The fraction of sp³-hybridized carbons (Fsp3) is 0.222. The predicted molar refractivity (Wildman–Crippen MR) is 54.4 cm³/mol. The van der Waals surface area contributed by atoms with E-state index in [0.29, 0.717) is 0 Å². The zero-order valence-electron chi connectivity index (χ0n) is 6.62. The number of aromatic nitrogens is 1. The van der Waals surface area contributed by atoms with Crippen molar-refractivity contribution in [2.24, 2.45) is 4.99 Å². The van der Waals surface area contributed by atoms with Crippen molar-refractivity contribution in [1.29, 1.82) is 0 Å². The number of aromatic amines is 1. The molecule has 0 spiro atoms. The molecule has 0 aromatic carbocycles. The molecule has 0 amide bonds. The van der Waals surface area contributed by atoms with Gasteiger partial charge < -0.3 is 4.98 Å². The van der Waals surface area contributed by atoms with E-state index in [1.54, 1.807) is 0 Å². The number of hydrogen-bond donors (Lipinski definition) is 2. The number of thiol groups is 1. The van der Waals surface area contributed by atoms with E-state index in [4.69, 9.17) is 0 Å². The van der Waals surface area contributed by atoms with E-state index in [1.807, 2.05) is 24.5 Å². The Kier molecular flexibility index (Phi) is 2.04. The minimum Gasteiger partial charge on any atom is -0.361 e. The third-order valence-corrected chi connectivity index (χ3v) is 2.38. The molecule has 12 heavy (non-hydrogen) atoms. The highest BCUT2D eigenvalue weighted by atomic mass is 32.1. The Labute approximate surface area is 76.8 Å². The lowest BCUT2D eigenvalue weighted by Crippen LogP contribution is -1.80. The minimum atomic E-state index is 0.966. The van der Waals surface area contributed by atoms with Crippen LogP contribution in [0.1, 0.15) is 18.5 Å². The Balaban J connectivity index is 2.35. The summed E-state index contributed by atoms with van der Waals surface area (Å²) in [7, 11) is 0. The van der Waals surface area contributed by atoms with E-state index in [2.05, 4.69) is 22.6 Å². The van der Waals surface area contributed by atoms with E-state index in [0.717, 1.165) is 29.1 Å². The van der Waals surface area contributed by atoms with Crippen LogP contribution in [0.25, 0.3) is 4.91 Å². The van der Waals surface area contributed by atoms with Crippen LogP contribution in [0.3, 0.4) is 0 Å². The number of H-pyrrole nitrogens is 1. The van der Waals surface area contributed by atoms with Crippen LogP contribution in [0.5, 0.6) is 0 Å². The lowest BCUT2D eigenvalue weighted by Gasteiger charge is -1.99. The van der Waals surface area contributed by atoms with Crippen LogP contribution in [0.4, 0.5) is 0 Å². The largest absolute Gasteiger partial charge is 0.361 e. The molecule has 62 valence electrons. The molecule has 0 fully saturated rings. The van der Waals surface area contributed by atoms with Crippen molar-refractivity contribution in [1.82, 2.24) is 4.98 Å². The fourth-order valence-electron chi connectivity index (χ4n) is 1.25. The van der Waals surface area contributed by atoms with Crippen molar-refractivity contribution in [2.75, 3.05) is 0 Å². The first kappa shape index (κ1) is 7.68. The van der Waals surface area contributed by atoms with E-state index >= 15 is 0 Å². The highest BCUT2D eigenvalue weighted by molar-refractivity contribution is 7.90. The van der Waals surface area contributed by atoms with Gasteiger partial charge >= 0.3 is 0 Å². The summed E-state index contributed by atoms with van der Waals surface area (Å²) < 4.78 is 0. The summed E-state index contributed by atoms with van der Waals surface area (Å²) >= 11 is 4.42. The van der Waals surface area contributed by atoms with Gasteiger partial charge in [0.25, 0.3) is 0 Å². The summed E-state index contributed by atoms with van der Waals surface area (Å²) in [4.78, 5) is 8.32. The molecule has 0 saturated carbocycles. The highest BCUT2D eigenvalue weighted by Crippen LogP contribution is 2.26. The first-order valence-electron chi connectivity index (χ1n) is 3.96. The molecule has 0 atom stereocenters. The van der Waals surface area contributed by atoms with Crippen LogP contribution in [0.15, 0.2) is 29.0 Å². The second-order valence-electron chi connectivity index (χ2n) is 2.73. The van der Waals surface area contributed by atoms with Crippen LogP contribution >= 0.6 is 12.6 Å². The van der Waals surface area contributed by atoms with Crippen molar-refractivity contribution < 1.29 is 0 Å². The predicted octanol–water partition coefficient (Wildman–Crippen LogP) is 2.48. The standard InChI is InChI=1S/C9H10N2S/c12-9(7-3-1-5-10-7)8-4-2-6-11-8/h1,3,5-6,10,12H,2,4H2/b9-8-. The van der Waals surface area contributed by atoms with E-state index < -0.39 is 0 Å². The summed E-state index contributed by atoms with van der Waals surface area (Å²) in [5.74, 6) is 0. The summed E-state index contributed by atoms with van der Waals surface area (Å²) in [5, 5.41) is 0. The average molecular weight is 178 g/mol. The van der Waals surface area contributed by atoms with Crippen molar-refractivity contribution in [3.63, 3.8) is 0 Å². The molecule has 2 heterocycles. The van der Waals surface area contributed by atoms with Gasteiger partial charge in [-0.2, -0.15) is 0 Å². The normalized spacial score (nSPS) is 20.1. The van der Waals surface area contributed by atoms with Gasteiger partial charge in [0.15, 0.2) is 0 Å². The number of aliphatic imine (C=N–C) groups is 1. The van der Waals surface area contributed by atoms with E-state index in [-0.39, 0.29) is 0 Å². The maximum atomic E-state index is 4.42. The first-order valence-corrected chi connectivity index (χ1v) is 4.41. The van der Waals surface area contributed by atoms with Gasteiger partial charge in [-0.05, 0) is 25.0 Å². The summed E-state index contributed by atoms with van der Waals surface area (Å²) in [5.41, 5.74) is 2.13. The molecule has 0 saturated heterocycles. The molecule has 1 N–H and O–H groups in total. The Morgan fingerprint density at radius 3 is 3.08 bits per heavy atom. The highest BCUT2D eigenvalue weighted by Gasteiger charge is 2.07. The smallest absolute Gasteiger partial charge is 0.0557 e. The van der Waals surface area contributed by atoms with Gasteiger partial charge in [0.05, 0.1) is 11.4 Å². The van der Waals surface area contributed by atoms with Gasteiger partial charge in [0.2, 0.25) is 0 Å². The maximum absolute atomic E-state index is 4.42. The Morgan fingerprint density at radius 1 is 1.58 bits per heavy atom. The van der Waals surface area contributed by atoms with Gasteiger partial charge in [0, 0.05) is 17.3 Å². The maximum Gasteiger partial charge on any atom is 0.0557 e. The molecule has 2 nitrogen and oxygen atoms in total. The van der Waals surface area contributed by atoms with E-state index in [1.165, 1.54) is 0 Å². The molecular formula is C9H10N2S. The van der Waals surface area contributed by atoms with Gasteiger partial charge in [-0.15, -0.1) is 12.6 Å². The van der Waals surface area contributed by atoms with Gasteiger partial charge in [-0.25, -0.2) is 0 Å². The molecule has 1 aromatic rings.